The fourth-order valence-corrected chi connectivity index (χ4v) is 1.79. The molecule has 0 saturated heterocycles. The van der Waals surface area contributed by atoms with Crippen molar-refractivity contribution >= 4 is 11.9 Å². The van der Waals surface area contributed by atoms with Crippen LogP contribution in [0.25, 0.3) is 0 Å². The average molecular weight is 273 g/mol. The Bertz CT molecular complexity index is 520. The number of benzene rings is 1. The molecule has 1 aliphatic carbocycles. The molecule has 7 heteroatoms. The lowest BCUT2D eigenvalue weighted by atomic mass is 10.1. The van der Waals surface area contributed by atoms with Gasteiger partial charge in [-0.2, -0.15) is 0 Å². The lowest BCUT2D eigenvalue weighted by molar-refractivity contribution is -0.137. The van der Waals surface area contributed by atoms with Crippen LogP contribution in [-0.2, 0) is 4.79 Å². The number of nitrogens with zero attached hydrogens (tertiary/aromatic N) is 1. The maximum atomic E-state index is 13.5. The molecule has 2 rings (SSSR count). The van der Waals surface area contributed by atoms with E-state index < -0.39 is 41.4 Å². The minimum absolute atomic E-state index is 0.326. The van der Waals surface area contributed by atoms with Crippen molar-refractivity contribution in [2.75, 3.05) is 6.54 Å². The third-order valence-corrected chi connectivity index (χ3v) is 2.77. The molecule has 0 atom stereocenters. The van der Waals surface area contributed by atoms with Crippen molar-refractivity contribution in [3.63, 3.8) is 0 Å². The fourth-order valence-electron chi connectivity index (χ4n) is 1.79. The largest absolute Gasteiger partial charge is 0.480 e. The van der Waals surface area contributed by atoms with E-state index in [9.17, 15) is 22.8 Å². The number of aliphatic carboxylic acids is 1. The zero-order chi connectivity index (χ0) is 14.2. The molecule has 1 aliphatic rings. The van der Waals surface area contributed by atoms with E-state index in [4.69, 9.17) is 5.11 Å². The molecule has 0 bridgehead atoms. The highest BCUT2D eigenvalue weighted by Gasteiger charge is 2.36. The quantitative estimate of drug-likeness (QED) is 0.910. The van der Waals surface area contributed by atoms with E-state index in [0.717, 1.165) is 4.90 Å². The highest BCUT2D eigenvalue weighted by molar-refractivity contribution is 5.96. The van der Waals surface area contributed by atoms with E-state index >= 15 is 0 Å². The van der Waals surface area contributed by atoms with Gasteiger partial charge in [-0.1, -0.05) is 0 Å². The second kappa shape index (κ2) is 4.91. The molecule has 0 aliphatic heterocycles. The summed E-state index contributed by atoms with van der Waals surface area (Å²) in [5.74, 6) is -6.15. The van der Waals surface area contributed by atoms with E-state index in [1.165, 1.54) is 0 Å². The first-order valence-corrected chi connectivity index (χ1v) is 5.57. The van der Waals surface area contributed by atoms with Crippen molar-refractivity contribution < 1.29 is 27.9 Å². The van der Waals surface area contributed by atoms with Crippen LogP contribution in [0.4, 0.5) is 13.2 Å². The minimum Gasteiger partial charge on any atom is -0.480 e. The Morgan fingerprint density at radius 3 is 2.16 bits per heavy atom. The lowest BCUT2D eigenvalue weighted by Crippen LogP contribution is -2.38. The zero-order valence-corrected chi connectivity index (χ0v) is 9.70. The monoisotopic (exact) mass is 273 g/mol. The number of amides is 1. The molecule has 1 amide bonds. The number of rotatable bonds is 4. The first kappa shape index (κ1) is 13.4. The molecular weight excluding hydrogens is 263 g/mol. The highest BCUT2D eigenvalue weighted by Crippen LogP contribution is 2.29. The number of carbonyl (C=O) groups excluding carboxylic acids is 1. The van der Waals surface area contributed by atoms with Gasteiger partial charge in [0.25, 0.3) is 5.91 Å². The third kappa shape index (κ3) is 2.86. The standard InChI is InChI=1S/C12H10F3NO3/c13-6-3-8(14)11(9(15)4-6)12(19)16(5-10(17)18)7-1-2-7/h3-4,7H,1-2,5H2,(H,17,18). The molecule has 0 radical (unpaired) electrons. The van der Waals surface area contributed by atoms with Gasteiger partial charge in [0.2, 0.25) is 0 Å². The first-order valence-electron chi connectivity index (χ1n) is 5.57. The molecule has 0 aromatic heterocycles. The van der Waals surface area contributed by atoms with Gasteiger partial charge in [0.15, 0.2) is 0 Å². The number of carbonyl (C=O) groups is 2. The Balaban J connectivity index is 2.34. The molecule has 19 heavy (non-hydrogen) atoms. The molecule has 1 aromatic carbocycles. The normalized spacial score (nSPS) is 14.3. The maximum absolute atomic E-state index is 13.5. The molecule has 0 heterocycles. The van der Waals surface area contributed by atoms with Crippen LogP contribution in [0.15, 0.2) is 12.1 Å². The van der Waals surface area contributed by atoms with Gasteiger partial charge in [0, 0.05) is 18.2 Å². The van der Waals surface area contributed by atoms with Gasteiger partial charge in [-0.3, -0.25) is 9.59 Å². The predicted molar refractivity (Wildman–Crippen MR) is 58.0 cm³/mol. The average Bonchev–Trinajstić information content (AvgIpc) is 3.07. The van der Waals surface area contributed by atoms with Crippen molar-refractivity contribution in [1.29, 1.82) is 0 Å². The van der Waals surface area contributed by atoms with Crippen LogP contribution in [-0.4, -0.2) is 34.5 Å². The summed E-state index contributed by atoms with van der Waals surface area (Å²) in [6.07, 6.45) is 1.17. The van der Waals surface area contributed by atoms with E-state index in [2.05, 4.69) is 0 Å². The van der Waals surface area contributed by atoms with Gasteiger partial charge in [-0.15, -0.1) is 0 Å². The second-order valence-corrected chi connectivity index (χ2v) is 4.30. The molecule has 1 fully saturated rings. The molecule has 1 aromatic rings. The van der Waals surface area contributed by atoms with Gasteiger partial charge in [0.1, 0.15) is 29.6 Å². The summed E-state index contributed by atoms with van der Waals surface area (Å²) in [5, 5.41) is 8.70. The summed E-state index contributed by atoms with van der Waals surface area (Å²) in [6, 6.07) is 0.456. The van der Waals surface area contributed by atoms with Gasteiger partial charge in [-0.05, 0) is 12.8 Å². The van der Waals surface area contributed by atoms with E-state index in [-0.39, 0.29) is 6.04 Å². The highest BCUT2D eigenvalue weighted by atomic mass is 19.1. The number of hydrogen-bond acceptors (Lipinski definition) is 2. The summed E-state index contributed by atoms with van der Waals surface area (Å²) in [5.41, 5.74) is -0.922. The zero-order valence-electron chi connectivity index (χ0n) is 9.70. The third-order valence-electron chi connectivity index (χ3n) is 2.77. The summed E-state index contributed by atoms with van der Waals surface area (Å²) < 4.78 is 39.7. The Hall–Kier alpha value is -2.05. The van der Waals surface area contributed by atoms with Crippen LogP contribution in [0.1, 0.15) is 23.2 Å². The smallest absolute Gasteiger partial charge is 0.323 e. The maximum Gasteiger partial charge on any atom is 0.323 e. The molecule has 1 saturated carbocycles. The summed E-state index contributed by atoms with van der Waals surface area (Å²) in [4.78, 5) is 23.5. The molecular formula is C12H10F3NO3. The van der Waals surface area contributed by atoms with E-state index in [1.807, 2.05) is 0 Å². The van der Waals surface area contributed by atoms with E-state index in [1.54, 1.807) is 0 Å². The van der Waals surface area contributed by atoms with Crippen LogP contribution in [0, 0.1) is 17.5 Å². The second-order valence-electron chi connectivity index (χ2n) is 4.30. The lowest BCUT2D eigenvalue weighted by Gasteiger charge is -2.20. The van der Waals surface area contributed by atoms with Crippen LogP contribution in [0.5, 0.6) is 0 Å². The van der Waals surface area contributed by atoms with Gasteiger partial charge in [0.05, 0.1) is 0 Å². The van der Waals surface area contributed by atoms with Crippen molar-refractivity contribution in [2.45, 2.75) is 18.9 Å². The van der Waals surface area contributed by atoms with E-state index in [0.29, 0.717) is 25.0 Å². The Morgan fingerprint density at radius 2 is 1.74 bits per heavy atom. The molecule has 0 spiro atoms. The summed E-state index contributed by atoms with van der Waals surface area (Å²) in [7, 11) is 0. The Morgan fingerprint density at radius 1 is 1.21 bits per heavy atom. The van der Waals surface area contributed by atoms with Crippen molar-refractivity contribution in [2.24, 2.45) is 0 Å². The minimum atomic E-state index is -1.33. The molecule has 102 valence electrons. The van der Waals surface area contributed by atoms with Gasteiger partial charge < -0.3 is 10.0 Å². The van der Waals surface area contributed by atoms with Crippen molar-refractivity contribution in [3.8, 4) is 0 Å². The molecule has 0 unspecified atom stereocenters. The topological polar surface area (TPSA) is 57.6 Å². The van der Waals surface area contributed by atoms with Crippen molar-refractivity contribution in [3.05, 3.63) is 35.1 Å². The number of carboxylic acid groups (broad SMARTS) is 1. The molecule has 4 nitrogen and oxygen atoms in total. The van der Waals surface area contributed by atoms with Crippen LogP contribution < -0.4 is 0 Å². The van der Waals surface area contributed by atoms with Gasteiger partial charge in [-0.25, -0.2) is 13.2 Å². The SMILES string of the molecule is O=C(O)CN(C(=O)c1c(F)cc(F)cc1F)C1CC1. The number of halogens is 3. The Labute approximate surface area is 106 Å². The van der Waals surface area contributed by atoms with Gasteiger partial charge >= 0.3 is 5.97 Å². The summed E-state index contributed by atoms with van der Waals surface area (Å²) >= 11 is 0. The predicted octanol–water partition coefficient (Wildman–Crippen LogP) is 1.79. The van der Waals surface area contributed by atoms with Crippen molar-refractivity contribution in [1.82, 2.24) is 4.90 Å². The van der Waals surface area contributed by atoms with Crippen LogP contribution in [0.3, 0.4) is 0 Å². The molecule has 1 N–H and O–H groups in total. The van der Waals surface area contributed by atoms with Crippen LogP contribution >= 0.6 is 0 Å². The number of hydrogen-bond donors (Lipinski definition) is 1. The Kier molecular flexibility index (Phi) is 3.46. The summed E-state index contributed by atoms with van der Waals surface area (Å²) in [6.45, 7) is -0.639. The fraction of sp³-hybridized carbons (Fsp3) is 0.333. The van der Waals surface area contributed by atoms with Crippen LogP contribution in [0.2, 0.25) is 0 Å². The number of carboxylic acids is 1. The first-order chi connectivity index (χ1) is 8.90.